The number of imide groups is 1. The summed E-state index contributed by atoms with van der Waals surface area (Å²) in [4.78, 5) is 26.2. The lowest BCUT2D eigenvalue weighted by Gasteiger charge is -2.24. The highest BCUT2D eigenvalue weighted by molar-refractivity contribution is 6.21. The van der Waals surface area contributed by atoms with E-state index in [2.05, 4.69) is 32.9 Å². The third-order valence-electron chi connectivity index (χ3n) is 3.80. The Morgan fingerprint density at radius 3 is 1.95 bits per heavy atom. The van der Waals surface area contributed by atoms with Gasteiger partial charge in [0.15, 0.2) is 0 Å². The molecule has 112 valence electrons. The first-order valence-corrected chi connectivity index (χ1v) is 7.57. The Kier molecular flexibility index (Phi) is 4.61. The number of hydrogen-bond donors (Lipinski definition) is 0. The summed E-state index contributed by atoms with van der Waals surface area (Å²) < 4.78 is 0. The molecule has 0 aromatic heterocycles. The normalized spacial score (nSPS) is 17.7. The van der Waals surface area contributed by atoms with Crippen molar-refractivity contribution in [1.82, 2.24) is 4.90 Å². The van der Waals surface area contributed by atoms with Crippen molar-refractivity contribution in [3.05, 3.63) is 47.5 Å². The lowest BCUT2D eigenvalue weighted by atomic mass is 10.00. The Morgan fingerprint density at radius 2 is 1.48 bits per heavy atom. The van der Waals surface area contributed by atoms with E-state index in [4.69, 9.17) is 0 Å². The summed E-state index contributed by atoms with van der Waals surface area (Å²) in [5, 5.41) is 0. The third kappa shape index (κ3) is 3.23. The van der Waals surface area contributed by atoms with E-state index in [-0.39, 0.29) is 17.9 Å². The van der Waals surface area contributed by atoms with Gasteiger partial charge in [0.25, 0.3) is 11.8 Å². The van der Waals surface area contributed by atoms with Crippen LogP contribution >= 0.6 is 0 Å². The summed E-state index contributed by atoms with van der Waals surface area (Å²) in [6, 6.07) is 6.96. The molecule has 0 fully saturated rings. The largest absolute Gasteiger partial charge is 0.271 e. The maximum atomic E-state index is 12.4. The number of hydrogen-bond acceptors (Lipinski definition) is 2. The monoisotopic (exact) mass is 285 g/mol. The molecule has 1 heterocycles. The summed E-state index contributed by atoms with van der Waals surface area (Å²) in [5.74, 6) is 0.528. The van der Waals surface area contributed by atoms with E-state index in [9.17, 15) is 9.59 Å². The summed E-state index contributed by atoms with van der Waals surface area (Å²) >= 11 is 0. The topological polar surface area (TPSA) is 37.4 Å². The maximum absolute atomic E-state index is 12.4. The van der Waals surface area contributed by atoms with Gasteiger partial charge in [-0.15, -0.1) is 0 Å². The van der Waals surface area contributed by atoms with Crippen LogP contribution in [-0.4, -0.2) is 22.8 Å². The number of carbonyl (C=O) groups is 2. The predicted molar refractivity (Wildman–Crippen MR) is 84.2 cm³/mol. The van der Waals surface area contributed by atoms with Crippen LogP contribution in [0.25, 0.3) is 0 Å². The van der Waals surface area contributed by atoms with E-state index in [0.717, 1.165) is 6.42 Å². The zero-order valence-corrected chi connectivity index (χ0v) is 13.2. The van der Waals surface area contributed by atoms with Gasteiger partial charge < -0.3 is 0 Å². The van der Waals surface area contributed by atoms with Crippen LogP contribution < -0.4 is 0 Å². The molecule has 1 aromatic rings. The quantitative estimate of drug-likeness (QED) is 0.607. The Bertz CT molecular complexity index is 539. The van der Waals surface area contributed by atoms with Gasteiger partial charge in [0, 0.05) is 6.04 Å². The summed E-state index contributed by atoms with van der Waals surface area (Å²) in [7, 11) is 0. The standard InChI is InChI=1S/C18H23NO2/c1-12(2)9-10-13(3)11-14(4)19-17(20)15-7-5-6-8-16(15)18(19)21/h5-10,12-14H,11H2,1-4H3/b10-9-. The van der Waals surface area contributed by atoms with Gasteiger partial charge >= 0.3 is 0 Å². The average Bonchev–Trinajstić information content (AvgIpc) is 2.69. The number of amides is 2. The van der Waals surface area contributed by atoms with E-state index < -0.39 is 0 Å². The summed E-state index contributed by atoms with van der Waals surface area (Å²) in [6.07, 6.45) is 5.12. The van der Waals surface area contributed by atoms with Gasteiger partial charge in [0.05, 0.1) is 11.1 Å². The second-order valence-electron chi connectivity index (χ2n) is 6.22. The van der Waals surface area contributed by atoms with Gasteiger partial charge in [-0.2, -0.15) is 0 Å². The first kappa shape index (κ1) is 15.5. The van der Waals surface area contributed by atoms with Crippen LogP contribution in [0.2, 0.25) is 0 Å². The van der Waals surface area contributed by atoms with E-state index in [1.807, 2.05) is 6.92 Å². The molecule has 1 aliphatic rings. The lowest BCUT2D eigenvalue weighted by molar-refractivity contribution is 0.0583. The average molecular weight is 285 g/mol. The van der Waals surface area contributed by atoms with Crippen molar-refractivity contribution in [3.63, 3.8) is 0 Å². The molecule has 0 radical (unpaired) electrons. The number of carbonyl (C=O) groups excluding carboxylic acids is 2. The van der Waals surface area contributed by atoms with Gasteiger partial charge in [-0.3, -0.25) is 14.5 Å². The molecule has 0 bridgehead atoms. The number of benzene rings is 1. The SMILES string of the molecule is CC(C)/C=C\C(C)CC(C)N1C(=O)c2ccccc2C1=O. The highest BCUT2D eigenvalue weighted by Gasteiger charge is 2.38. The molecule has 0 N–H and O–H groups in total. The van der Waals surface area contributed by atoms with E-state index in [0.29, 0.717) is 23.0 Å². The minimum atomic E-state index is -0.164. The molecule has 3 nitrogen and oxygen atoms in total. The van der Waals surface area contributed by atoms with Crippen LogP contribution in [0, 0.1) is 11.8 Å². The molecule has 21 heavy (non-hydrogen) atoms. The second kappa shape index (κ2) is 6.25. The zero-order valence-electron chi connectivity index (χ0n) is 13.2. The van der Waals surface area contributed by atoms with Gasteiger partial charge in [-0.05, 0) is 37.3 Å². The van der Waals surface area contributed by atoms with Gasteiger partial charge in [0.1, 0.15) is 0 Å². The Balaban J connectivity index is 2.10. The number of allylic oxidation sites excluding steroid dienone is 2. The Morgan fingerprint density at radius 1 is 0.952 bits per heavy atom. The van der Waals surface area contributed by atoms with E-state index in [1.54, 1.807) is 24.3 Å². The van der Waals surface area contributed by atoms with Crippen molar-refractivity contribution in [1.29, 1.82) is 0 Å². The van der Waals surface area contributed by atoms with Crippen LogP contribution in [-0.2, 0) is 0 Å². The minimum absolute atomic E-state index is 0.0933. The van der Waals surface area contributed by atoms with Gasteiger partial charge in [-0.1, -0.05) is 45.1 Å². The highest BCUT2D eigenvalue weighted by Crippen LogP contribution is 2.26. The van der Waals surface area contributed by atoms with Crippen molar-refractivity contribution >= 4 is 11.8 Å². The van der Waals surface area contributed by atoms with Crippen LogP contribution in [0.1, 0.15) is 54.8 Å². The Hall–Kier alpha value is -1.90. The molecule has 3 heteroatoms. The van der Waals surface area contributed by atoms with Gasteiger partial charge in [0.2, 0.25) is 0 Å². The number of fused-ring (bicyclic) bond motifs is 1. The minimum Gasteiger partial charge on any atom is -0.271 e. The number of rotatable bonds is 5. The Labute approximate surface area is 126 Å². The molecule has 0 spiro atoms. The molecular formula is C18H23NO2. The molecule has 0 saturated heterocycles. The van der Waals surface area contributed by atoms with Crippen molar-refractivity contribution in [2.45, 2.75) is 40.2 Å². The van der Waals surface area contributed by atoms with Crippen molar-refractivity contribution in [2.24, 2.45) is 11.8 Å². The molecule has 0 saturated carbocycles. The first-order chi connectivity index (χ1) is 9.91. The summed E-state index contributed by atoms with van der Waals surface area (Å²) in [6.45, 7) is 8.34. The van der Waals surface area contributed by atoms with Crippen LogP contribution in [0.5, 0.6) is 0 Å². The molecule has 2 amide bonds. The van der Waals surface area contributed by atoms with Crippen LogP contribution in [0.3, 0.4) is 0 Å². The molecule has 2 unspecified atom stereocenters. The molecular weight excluding hydrogens is 262 g/mol. The molecule has 1 aliphatic heterocycles. The maximum Gasteiger partial charge on any atom is 0.261 e. The highest BCUT2D eigenvalue weighted by atomic mass is 16.2. The molecule has 0 aliphatic carbocycles. The van der Waals surface area contributed by atoms with E-state index >= 15 is 0 Å². The molecule has 2 rings (SSSR count). The fourth-order valence-electron chi connectivity index (χ4n) is 2.74. The lowest BCUT2D eigenvalue weighted by Crippen LogP contribution is -2.38. The van der Waals surface area contributed by atoms with Crippen molar-refractivity contribution in [2.75, 3.05) is 0 Å². The van der Waals surface area contributed by atoms with Crippen molar-refractivity contribution in [3.8, 4) is 0 Å². The third-order valence-corrected chi connectivity index (χ3v) is 3.80. The smallest absolute Gasteiger partial charge is 0.261 e. The zero-order chi connectivity index (χ0) is 15.6. The fourth-order valence-corrected chi connectivity index (χ4v) is 2.74. The second-order valence-corrected chi connectivity index (χ2v) is 6.22. The van der Waals surface area contributed by atoms with Gasteiger partial charge in [-0.25, -0.2) is 0 Å². The van der Waals surface area contributed by atoms with Crippen molar-refractivity contribution < 1.29 is 9.59 Å². The van der Waals surface area contributed by atoms with Crippen LogP contribution in [0.15, 0.2) is 36.4 Å². The number of nitrogens with zero attached hydrogens (tertiary/aromatic N) is 1. The first-order valence-electron chi connectivity index (χ1n) is 7.57. The van der Waals surface area contributed by atoms with Crippen LogP contribution in [0.4, 0.5) is 0 Å². The summed E-state index contributed by atoms with van der Waals surface area (Å²) in [5.41, 5.74) is 1.06. The molecule has 2 atom stereocenters. The van der Waals surface area contributed by atoms with E-state index in [1.165, 1.54) is 4.90 Å². The predicted octanol–water partition coefficient (Wildman–Crippen LogP) is 3.91. The molecule has 1 aromatic carbocycles. The fraction of sp³-hybridized carbons (Fsp3) is 0.444.